The average Bonchev–Trinajstić information content (AvgIpc) is 2.20. The standard InChI is InChI=1S/C10H16O.Sc/c1-9(2)7-4-5-10(9,3)8(11)6-7;/h7H,4-6H2,1-3H3;. The molecule has 0 spiro atoms. The molecule has 2 aliphatic carbocycles. The first-order chi connectivity index (χ1) is 4.98. The Labute approximate surface area is 93.1 Å². The van der Waals surface area contributed by atoms with E-state index in [0.29, 0.717) is 11.7 Å². The van der Waals surface area contributed by atoms with E-state index in [1.165, 1.54) is 6.42 Å². The van der Waals surface area contributed by atoms with Gasteiger partial charge in [-0.2, -0.15) is 0 Å². The minimum atomic E-state index is 0. The van der Waals surface area contributed by atoms with Crippen LogP contribution in [0.5, 0.6) is 0 Å². The van der Waals surface area contributed by atoms with Gasteiger partial charge in [-0.3, -0.25) is 4.79 Å². The molecule has 2 unspecified atom stereocenters. The van der Waals surface area contributed by atoms with Gasteiger partial charge in [0.25, 0.3) is 0 Å². The van der Waals surface area contributed by atoms with E-state index in [1.54, 1.807) is 0 Å². The van der Waals surface area contributed by atoms with Crippen molar-refractivity contribution in [2.45, 2.75) is 40.0 Å². The van der Waals surface area contributed by atoms with Crippen molar-refractivity contribution < 1.29 is 30.6 Å². The van der Waals surface area contributed by atoms with Gasteiger partial charge >= 0.3 is 0 Å². The molecule has 2 fully saturated rings. The van der Waals surface area contributed by atoms with Crippen molar-refractivity contribution >= 4 is 5.78 Å². The number of hydrogen-bond donors (Lipinski definition) is 0. The predicted octanol–water partition coefficient (Wildman–Crippen LogP) is 2.40. The van der Waals surface area contributed by atoms with Gasteiger partial charge in [0.1, 0.15) is 5.78 Å². The largest absolute Gasteiger partial charge is 0.299 e. The molecule has 0 heterocycles. The SMILES string of the molecule is CC12CCC(CC1=O)C2(C)C.[Sc]. The van der Waals surface area contributed by atoms with Crippen LogP contribution < -0.4 is 0 Å². The molecule has 65 valence electrons. The third-order valence-corrected chi connectivity index (χ3v) is 4.48. The van der Waals surface area contributed by atoms with E-state index < -0.39 is 0 Å². The minimum absolute atomic E-state index is 0. The predicted molar refractivity (Wildman–Crippen MR) is 44.2 cm³/mol. The smallest absolute Gasteiger partial charge is 0.139 e. The first-order valence-corrected chi connectivity index (χ1v) is 4.52. The monoisotopic (exact) mass is 197 g/mol. The summed E-state index contributed by atoms with van der Waals surface area (Å²) in [4.78, 5) is 11.6. The van der Waals surface area contributed by atoms with Crippen molar-refractivity contribution in [1.82, 2.24) is 0 Å². The maximum absolute atomic E-state index is 11.6. The molecule has 0 amide bonds. The molecule has 12 heavy (non-hydrogen) atoms. The summed E-state index contributed by atoms with van der Waals surface area (Å²) in [6.07, 6.45) is 3.25. The molecule has 2 bridgehead atoms. The van der Waals surface area contributed by atoms with E-state index in [1.807, 2.05) is 0 Å². The summed E-state index contributed by atoms with van der Waals surface area (Å²) >= 11 is 0. The van der Waals surface area contributed by atoms with Crippen molar-refractivity contribution in [3.63, 3.8) is 0 Å². The average molecular weight is 197 g/mol. The maximum atomic E-state index is 11.6. The minimum Gasteiger partial charge on any atom is -0.299 e. The van der Waals surface area contributed by atoms with Crippen LogP contribution in [0.15, 0.2) is 0 Å². The molecular weight excluding hydrogens is 181 g/mol. The van der Waals surface area contributed by atoms with Gasteiger partial charge in [0.2, 0.25) is 0 Å². The molecular formula is C10H16OSc. The topological polar surface area (TPSA) is 17.1 Å². The van der Waals surface area contributed by atoms with Crippen LogP contribution in [-0.2, 0) is 30.6 Å². The number of ketones is 1. The Hall–Kier alpha value is 0.540. The van der Waals surface area contributed by atoms with Crippen molar-refractivity contribution in [3.8, 4) is 0 Å². The Kier molecular flexibility index (Phi) is 2.45. The Morgan fingerprint density at radius 3 is 2.08 bits per heavy atom. The summed E-state index contributed by atoms with van der Waals surface area (Å²) in [5.74, 6) is 1.19. The molecule has 1 radical (unpaired) electrons. The molecule has 0 saturated heterocycles. The molecule has 1 nitrogen and oxygen atoms in total. The summed E-state index contributed by atoms with van der Waals surface area (Å²) in [6, 6.07) is 0. The van der Waals surface area contributed by atoms with Gasteiger partial charge < -0.3 is 0 Å². The number of hydrogen-bond acceptors (Lipinski definition) is 1. The zero-order valence-corrected chi connectivity index (χ0v) is 9.99. The second-order valence-corrected chi connectivity index (χ2v) is 4.92. The van der Waals surface area contributed by atoms with Crippen LogP contribution in [0.3, 0.4) is 0 Å². The van der Waals surface area contributed by atoms with Crippen molar-refractivity contribution in [3.05, 3.63) is 0 Å². The third-order valence-electron chi connectivity index (χ3n) is 4.48. The van der Waals surface area contributed by atoms with Gasteiger partial charge in [-0.1, -0.05) is 20.8 Å². The molecule has 2 rings (SSSR count). The van der Waals surface area contributed by atoms with Gasteiger partial charge in [-0.05, 0) is 24.2 Å². The van der Waals surface area contributed by atoms with E-state index in [4.69, 9.17) is 0 Å². The molecule has 2 atom stereocenters. The van der Waals surface area contributed by atoms with Crippen LogP contribution in [-0.4, -0.2) is 5.78 Å². The van der Waals surface area contributed by atoms with Gasteiger partial charge in [0.05, 0.1) is 0 Å². The number of Topliss-reactive ketones (excluding diaryl/α,β-unsaturated/α-hetero) is 1. The Bertz CT molecular complexity index is 222. The quantitative estimate of drug-likeness (QED) is 0.582. The van der Waals surface area contributed by atoms with E-state index in [2.05, 4.69) is 20.8 Å². The van der Waals surface area contributed by atoms with Crippen LogP contribution in [0.4, 0.5) is 0 Å². The first kappa shape index (κ1) is 10.6. The fourth-order valence-electron chi connectivity index (χ4n) is 2.90. The molecule has 0 N–H and O–H groups in total. The van der Waals surface area contributed by atoms with E-state index in [9.17, 15) is 4.79 Å². The Morgan fingerprint density at radius 2 is 1.92 bits per heavy atom. The van der Waals surface area contributed by atoms with E-state index in [-0.39, 0.29) is 36.7 Å². The van der Waals surface area contributed by atoms with Crippen molar-refractivity contribution in [1.29, 1.82) is 0 Å². The zero-order valence-electron chi connectivity index (χ0n) is 8.18. The molecule has 2 heteroatoms. The summed E-state index contributed by atoms with van der Waals surface area (Å²) in [5, 5.41) is 0. The van der Waals surface area contributed by atoms with Crippen LogP contribution in [0.2, 0.25) is 0 Å². The summed E-state index contributed by atoms with van der Waals surface area (Å²) < 4.78 is 0. The van der Waals surface area contributed by atoms with E-state index in [0.717, 1.165) is 12.8 Å². The Balaban J connectivity index is 0.000000720. The normalized spacial score (nSPS) is 42.9. The van der Waals surface area contributed by atoms with Gasteiger partial charge in [-0.25, -0.2) is 0 Å². The number of fused-ring (bicyclic) bond motifs is 2. The maximum Gasteiger partial charge on any atom is 0.139 e. The number of carbonyl (C=O) groups is 1. The van der Waals surface area contributed by atoms with Gasteiger partial charge in [-0.15, -0.1) is 0 Å². The molecule has 0 aromatic rings. The zero-order chi connectivity index (χ0) is 8.28. The number of carbonyl (C=O) groups excluding carboxylic acids is 1. The molecule has 0 aliphatic heterocycles. The Morgan fingerprint density at radius 1 is 1.33 bits per heavy atom. The van der Waals surface area contributed by atoms with Crippen LogP contribution >= 0.6 is 0 Å². The number of rotatable bonds is 0. The third kappa shape index (κ3) is 0.964. The van der Waals surface area contributed by atoms with Crippen LogP contribution in [0.1, 0.15) is 40.0 Å². The summed E-state index contributed by atoms with van der Waals surface area (Å²) in [7, 11) is 0. The second kappa shape index (κ2) is 2.76. The first-order valence-electron chi connectivity index (χ1n) is 4.52. The fraction of sp³-hybridized carbons (Fsp3) is 0.900. The van der Waals surface area contributed by atoms with Crippen molar-refractivity contribution in [2.75, 3.05) is 0 Å². The van der Waals surface area contributed by atoms with Crippen LogP contribution in [0.25, 0.3) is 0 Å². The molecule has 2 aliphatic rings. The fourth-order valence-corrected chi connectivity index (χ4v) is 2.90. The summed E-state index contributed by atoms with van der Waals surface area (Å²) in [6.45, 7) is 6.67. The van der Waals surface area contributed by atoms with Gasteiger partial charge in [0.15, 0.2) is 0 Å². The van der Waals surface area contributed by atoms with E-state index >= 15 is 0 Å². The second-order valence-electron chi connectivity index (χ2n) is 4.92. The van der Waals surface area contributed by atoms with Gasteiger partial charge in [0, 0.05) is 37.7 Å². The molecule has 0 aromatic carbocycles. The molecule has 2 saturated carbocycles. The van der Waals surface area contributed by atoms with Crippen LogP contribution in [0, 0.1) is 16.7 Å². The summed E-state index contributed by atoms with van der Waals surface area (Å²) in [5.41, 5.74) is 0.307. The molecule has 0 aromatic heterocycles. The van der Waals surface area contributed by atoms with Crippen molar-refractivity contribution in [2.24, 2.45) is 16.7 Å².